The van der Waals surface area contributed by atoms with Gasteiger partial charge in [0, 0.05) is 43.1 Å². The Hall–Kier alpha value is -3.82. The first kappa shape index (κ1) is 30.4. The first-order valence-electron chi connectivity index (χ1n) is 12.6. The van der Waals surface area contributed by atoms with Crippen molar-refractivity contribution in [3.63, 3.8) is 0 Å². The van der Waals surface area contributed by atoms with Crippen molar-refractivity contribution in [1.82, 2.24) is 10.2 Å². The summed E-state index contributed by atoms with van der Waals surface area (Å²) < 4.78 is 5.28. The minimum absolute atomic E-state index is 0.0352. The molecule has 4 amide bonds. The predicted octanol–water partition coefficient (Wildman–Crippen LogP) is 2.77. The van der Waals surface area contributed by atoms with Crippen molar-refractivity contribution in [2.24, 2.45) is 17.3 Å². The Labute approximate surface area is 223 Å². The van der Waals surface area contributed by atoms with Gasteiger partial charge in [-0.3, -0.25) is 33.7 Å². The number of Topliss-reactive ketones (excluding diaryl/α,β-unsaturated/α-hetero) is 1. The molecule has 2 N–H and O–H groups in total. The lowest BCUT2D eigenvalue weighted by atomic mass is 9.89. The van der Waals surface area contributed by atoms with Crippen molar-refractivity contribution >= 4 is 41.1 Å². The molecule has 2 atom stereocenters. The Bertz CT molecular complexity index is 1080. The second-order valence-corrected chi connectivity index (χ2v) is 10.7. The Balaban J connectivity index is 1.85. The molecule has 38 heavy (non-hydrogen) atoms. The number of imide groups is 1. The number of ether oxygens (including phenoxy) is 1. The van der Waals surface area contributed by atoms with E-state index in [0.29, 0.717) is 5.69 Å². The molecule has 0 saturated heterocycles. The lowest BCUT2D eigenvalue weighted by Gasteiger charge is -2.23. The Morgan fingerprint density at radius 2 is 1.50 bits per heavy atom. The molecule has 1 aromatic rings. The molecule has 0 fully saturated rings. The highest BCUT2D eigenvalue weighted by molar-refractivity contribution is 6.13. The van der Waals surface area contributed by atoms with Crippen LogP contribution in [-0.2, 0) is 40.1 Å². The number of hydrogen-bond acceptors (Lipinski definition) is 7. The molecule has 10 nitrogen and oxygen atoms in total. The summed E-state index contributed by atoms with van der Waals surface area (Å²) in [6.45, 7) is 10.6. The normalized spacial score (nSPS) is 14.9. The van der Waals surface area contributed by atoms with Crippen LogP contribution in [0.2, 0.25) is 0 Å². The van der Waals surface area contributed by atoms with Crippen LogP contribution in [0.1, 0.15) is 59.9 Å². The average Bonchev–Trinajstić information content (AvgIpc) is 3.16. The first-order valence-corrected chi connectivity index (χ1v) is 12.6. The molecular formula is C28H37N3O7. The molecule has 1 aliphatic heterocycles. The summed E-state index contributed by atoms with van der Waals surface area (Å²) in [4.78, 5) is 74.2. The number of nitrogens with one attached hydrogen (secondary N) is 2. The molecule has 0 bridgehead atoms. The molecule has 0 aliphatic carbocycles. The maximum Gasteiger partial charge on any atom is 0.311 e. The molecule has 2 rings (SSSR count). The van der Waals surface area contributed by atoms with Gasteiger partial charge in [0.2, 0.25) is 11.8 Å². The number of nitrogens with zero attached hydrogens (tertiary/aromatic N) is 1. The standard InChI is InChI=1S/C28H37N3O7/c1-17(2)22(15-21(32)13-14-31-23(33)11-12-24(31)34)26(36)29-18(3)25(35)30-20-9-7-19(8-10-20)16-38-27(37)28(4,5)6/h7-12,17-18,22H,13-16H2,1-6H3,(H,29,36)(H,30,35)/t18-,22-/m0/s1. The molecule has 206 valence electrons. The Morgan fingerprint density at radius 3 is 2.03 bits per heavy atom. The number of carbonyl (C=O) groups excluding carboxylic acids is 6. The minimum Gasteiger partial charge on any atom is -0.460 e. The van der Waals surface area contributed by atoms with Crippen LogP contribution in [0.5, 0.6) is 0 Å². The number of ketones is 1. The summed E-state index contributed by atoms with van der Waals surface area (Å²) in [5.74, 6) is -3.19. The van der Waals surface area contributed by atoms with Crippen molar-refractivity contribution in [3.8, 4) is 0 Å². The van der Waals surface area contributed by atoms with E-state index in [-0.39, 0.29) is 43.7 Å². The number of anilines is 1. The summed E-state index contributed by atoms with van der Waals surface area (Å²) in [5, 5.41) is 5.40. The van der Waals surface area contributed by atoms with E-state index in [2.05, 4.69) is 10.6 Å². The lowest BCUT2D eigenvalue weighted by Crippen LogP contribution is -2.45. The van der Waals surface area contributed by atoms with Crippen LogP contribution in [0.25, 0.3) is 0 Å². The minimum atomic E-state index is -0.864. The third-order valence-corrected chi connectivity index (χ3v) is 6.06. The summed E-state index contributed by atoms with van der Waals surface area (Å²) in [7, 11) is 0. The van der Waals surface area contributed by atoms with E-state index in [4.69, 9.17) is 4.74 Å². The van der Waals surface area contributed by atoms with Gasteiger partial charge in [0.05, 0.1) is 5.41 Å². The molecule has 0 saturated carbocycles. The van der Waals surface area contributed by atoms with Gasteiger partial charge in [0.15, 0.2) is 0 Å². The van der Waals surface area contributed by atoms with Gasteiger partial charge in [-0.25, -0.2) is 0 Å². The Kier molecular flexibility index (Phi) is 10.5. The molecule has 0 unspecified atom stereocenters. The number of rotatable bonds is 12. The van der Waals surface area contributed by atoms with Crippen molar-refractivity contribution in [2.45, 2.75) is 67.0 Å². The largest absolute Gasteiger partial charge is 0.460 e. The van der Waals surface area contributed by atoms with Gasteiger partial charge in [-0.05, 0) is 51.3 Å². The topological polar surface area (TPSA) is 139 Å². The summed E-state index contributed by atoms with van der Waals surface area (Å²) in [6.07, 6.45) is 2.20. The number of amides is 4. The smallest absolute Gasteiger partial charge is 0.311 e. The van der Waals surface area contributed by atoms with E-state index in [1.165, 1.54) is 0 Å². The van der Waals surface area contributed by atoms with Crippen molar-refractivity contribution in [3.05, 3.63) is 42.0 Å². The molecule has 0 radical (unpaired) electrons. The van der Waals surface area contributed by atoms with Gasteiger partial charge in [-0.2, -0.15) is 0 Å². The summed E-state index contributed by atoms with van der Waals surface area (Å²) >= 11 is 0. The number of benzene rings is 1. The van der Waals surface area contributed by atoms with Crippen LogP contribution in [0.15, 0.2) is 36.4 Å². The van der Waals surface area contributed by atoms with E-state index in [9.17, 15) is 28.8 Å². The van der Waals surface area contributed by atoms with Crippen LogP contribution in [0.3, 0.4) is 0 Å². The van der Waals surface area contributed by atoms with Crippen LogP contribution in [-0.4, -0.2) is 52.9 Å². The molecular weight excluding hydrogens is 490 g/mol. The quantitative estimate of drug-likeness (QED) is 0.315. The summed E-state index contributed by atoms with van der Waals surface area (Å²) in [6, 6.07) is 5.95. The van der Waals surface area contributed by atoms with E-state index in [1.807, 2.05) is 0 Å². The zero-order valence-electron chi connectivity index (χ0n) is 22.8. The highest BCUT2D eigenvalue weighted by atomic mass is 16.5. The van der Waals surface area contributed by atoms with E-state index < -0.39 is 41.0 Å². The molecule has 1 aliphatic rings. The fourth-order valence-corrected chi connectivity index (χ4v) is 3.55. The van der Waals surface area contributed by atoms with Gasteiger partial charge in [0.1, 0.15) is 18.4 Å². The van der Waals surface area contributed by atoms with Gasteiger partial charge in [-0.1, -0.05) is 26.0 Å². The van der Waals surface area contributed by atoms with Gasteiger partial charge in [0.25, 0.3) is 11.8 Å². The highest BCUT2D eigenvalue weighted by Crippen LogP contribution is 2.19. The third-order valence-electron chi connectivity index (χ3n) is 6.06. The predicted molar refractivity (Wildman–Crippen MR) is 140 cm³/mol. The second-order valence-electron chi connectivity index (χ2n) is 10.7. The molecule has 1 aromatic carbocycles. The number of carbonyl (C=O) groups is 6. The zero-order chi connectivity index (χ0) is 28.6. The van der Waals surface area contributed by atoms with Gasteiger partial charge in [-0.15, -0.1) is 0 Å². The van der Waals surface area contributed by atoms with E-state index in [1.54, 1.807) is 65.8 Å². The highest BCUT2D eigenvalue weighted by Gasteiger charge is 2.29. The number of hydrogen-bond donors (Lipinski definition) is 2. The molecule has 10 heteroatoms. The Morgan fingerprint density at radius 1 is 0.921 bits per heavy atom. The van der Waals surface area contributed by atoms with E-state index >= 15 is 0 Å². The molecule has 0 aromatic heterocycles. The fraction of sp³-hybridized carbons (Fsp3) is 0.500. The van der Waals surface area contributed by atoms with Crippen LogP contribution in [0.4, 0.5) is 5.69 Å². The maximum absolute atomic E-state index is 12.9. The third kappa shape index (κ3) is 8.93. The lowest BCUT2D eigenvalue weighted by molar-refractivity contribution is -0.154. The second kappa shape index (κ2) is 13.1. The maximum atomic E-state index is 12.9. The monoisotopic (exact) mass is 527 g/mol. The fourth-order valence-electron chi connectivity index (χ4n) is 3.55. The first-order chi connectivity index (χ1) is 17.7. The molecule has 0 spiro atoms. The SMILES string of the molecule is CC(C)[C@H](CC(=O)CCN1C(=O)C=CC1=O)C(=O)N[C@@H](C)C(=O)Nc1ccc(COC(=O)C(C)(C)C)cc1. The van der Waals surface area contributed by atoms with Crippen LogP contribution >= 0.6 is 0 Å². The van der Waals surface area contributed by atoms with Crippen molar-refractivity contribution in [1.29, 1.82) is 0 Å². The van der Waals surface area contributed by atoms with Crippen LogP contribution < -0.4 is 10.6 Å². The van der Waals surface area contributed by atoms with Crippen LogP contribution in [0, 0.1) is 17.3 Å². The van der Waals surface area contributed by atoms with Gasteiger partial charge < -0.3 is 15.4 Å². The van der Waals surface area contributed by atoms with Crippen molar-refractivity contribution in [2.75, 3.05) is 11.9 Å². The molecule has 1 heterocycles. The van der Waals surface area contributed by atoms with Crippen molar-refractivity contribution < 1.29 is 33.5 Å². The average molecular weight is 528 g/mol. The number of esters is 1. The summed E-state index contributed by atoms with van der Waals surface area (Å²) in [5.41, 5.74) is 0.682. The zero-order valence-corrected chi connectivity index (χ0v) is 22.8. The van der Waals surface area contributed by atoms with E-state index in [0.717, 1.165) is 22.6 Å². The van der Waals surface area contributed by atoms with Gasteiger partial charge >= 0.3 is 5.97 Å².